The molecule has 3 aromatic carbocycles. The Balaban J connectivity index is 1.83. The fraction of sp³-hybridized carbons (Fsp3) is 0.120. The Labute approximate surface area is 178 Å². The van der Waals surface area contributed by atoms with Crippen molar-refractivity contribution in [3.63, 3.8) is 0 Å². The average Bonchev–Trinajstić information content (AvgIpc) is 2.75. The molecule has 0 aliphatic carbocycles. The zero-order valence-electron chi connectivity index (χ0n) is 17.4. The van der Waals surface area contributed by atoms with Crippen molar-refractivity contribution in [2.24, 2.45) is 4.99 Å². The van der Waals surface area contributed by atoms with Crippen LogP contribution in [0.3, 0.4) is 0 Å². The molecule has 0 atom stereocenters. The number of hydrogen-bond donors (Lipinski definition) is 1. The molecule has 1 N–H and O–H groups in total. The third-order valence-corrected chi connectivity index (χ3v) is 4.90. The molecule has 4 aromatic rings. The SMILES string of the molecule is COc1ccc(N=c2oc3ccccc3cc2C(=O)Nc2ccc(C)cc2C)cc1F. The van der Waals surface area contributed by atoms with Crippen molar-refractivity contribution < 1.29 is 18.3 Å². The Morgan fingerprint density at radius 3 is 2.58 bits per heavy atom. The van der Waals surface area contributed by atoms with Gasteiger partial charge in [-0.25, -0.2) is 9.38 Å². The predicted molar refractivity (Wildman–Crippen MR) is 118 cm³/mol. The van der Waals surface area contributed by atoms with Gasteiger partial charge in [-0.05, 0) is 49.7 Å². The lowest BCUT2D eigenvalue weighted by Crippen LogP contribution is -2.22. The summed E-state index contributed by atoms with van der Waals surface area (Å²) in [6, 6.07) is 19.1. The van der Waals surface area contributed by atoms with Crippen molar-refractivity contribution in [2.75, 3.05) is 12.4 Å². The molecule has 0 aliphatic rings. The lowest BCUT2D eigenvalue weighted by Gasteiger charge is -2.10. The van der Waals surface area contributed by atoms with Crippen LogP contribution in [0.4, 0.5) is 15.8 Å². The summed E-state index contributed by atoms with van der Waals surface area (Å²) in [5.41, 5.74) is 3.96. The Hall–Kier alpha value is -3.93. The predicted octanol–water partition coefficient (Wildman–Crippen LogP) is 5.68. The van der Waals surface area contributed by atoms with Crippen LogP contribution < -0.4 is 15.6 Å². The van der Waals surface area contributed by atoms with Gasteiger partial charge in [-0.2, -0.15) is 0 Å². The fourth-order valence-corrected chi connectivity index (χ4v) is 3.30. The van der Waals surface area contributed by atoms with Crippen LogP contribution in [0, 0.1) is 19.7 Å². The summed E-state index contributed by atoms with van der Waals surface area (Å²) in [7, 11) is 1.39. The quantitative estimate of drug-likeness (QED) is 0.465. The molecule has 1 heterocycles. The first-order chi connectivity index (χ1) is 14.9. The molecule has 156 valence electrons. The summed E-state index contributed by atoms with van der Waals surface area (Å²) in [5.74, 6) is -0.803. The molecule has 0 radical (unpaired) electrons. The maximum absolute atomic E-state index is 14.1. The number of fused-ring (bicyclic) bond motifs is 1. The lowest BCUT2D eigenvalue weighted by atomic mass is 10.1. The number of nitrogens with one attached hydrogen (secondary N) is 1. The maximum Gasteiger partial charge on any atom is 0.261 e. The van der Waals surface area contributed by atoms with Crippen LogP contribution in [0.15, 0.2) is 76.1 Å². The third kappa shape index (κ3) is 4.33. The normalized spacial score (nSPS) is 11.5. The van der Waals surface area contributed by atoms with E-state index in [4.69, 9.17) is 9.15 Å². The van der Waals surface area contributed by atoms with Gasteiger partial charge in [0.1, 0.15) is 11.1 Å². The summed E-state index contributed by atoms with van der Waals surface area (Å²) in [6.07, 6.45) is 0. The summed E-state index contributed by atoms with van der Waals surface area (Å²) in [6.45, 7) is 3.92. The largest absolute Gasteiger partial charge is 0.494 e. The number of carbonyl (C=O) groups excluding carboxylic acids is 1. The van der Waals surface area contributed by atoms with Gasteiger partial charge >= 0.3 is 0 Å². The van der Waals surface area contributed by atoms with E-state index in [0.29, 0.717) is 17.0 Å². The van der Waals surface area contributed by atoms with Crippen molar-refractivity contribution in [2.45, 2.75) is 13.8 Å². The van der Waals surface area contributed by atoms with Crippen LogP contribution in [-0.2, 0) is 0 Å². The minimum Gasteiger partial charge on any atom is -0.494 e. The Morgan fingerprint density at radius 1 is 1.03 bits per heavy atom. The van der Waals surface area contributed by atoms with Gasteiger partial charge in [0.15, 0.2) is 11.6 Å². The number of para-hydroxylation sites is 1. The van der Waals surface area contributed by atoms with E-state index in [1.54, 1.807) is 18.2 Å². The van der Waals surface area contributed by atoms with Gasteiger partial charge in [0, 0.05) is 17.1 Å². The minimum atomic E-state index is -0.550. The van der Waals surface area contributed by atoms with Gasteiger partial charge in [-0.3, -0.25) is 4.79 Å². The molecular weight excluding hydrogens is 395 g/mol. The van der Waals surface area contributed by atoms with E-state index < -0.39 is 5.82 Å². The van der Waals surface area contributed by atoms with Crippen LogP contribution >= 0.6 is 0 Å². The number of methoxy groups -OCH3 is 1. The van der Waals surface area contributed by atoms with Crippen molar-refractivity contribution in [3.8, 4) is 5.75 Å². The van der Waals surface area contributed by atoms with E-state index in [2.05, 4.69) is 10.3 Å². The first-order valence-corrected chi connectivity index (χ1v) is 9.74. The lowest BCUT2D eigenvalue weighted by molar-refractivity contribution is 0.102. The molecule has 0 bridgehead atoms. The summed E-state index contributed by atoms with van der Waals surface area (Å²) in [5, 5.41) is 3.68. The number of ether oxygens (including phenoxy) is 1. The van der Waals surface area contributed by atoms with Crippen LogP contribution in [0.5, 0.6) is 5.75 Å². The van der Waals surface area contributed by atoms with Crippen molar-refractivity contribution in [1.29, 1.82) is 0 Å². The van der Waals surface area contributed by atoms with Crippen molar-refractivity contribution in [1.82, 2.24) is 0 Å². The Bertz CT molecular complexity index is 1360. The van der Waals surface area contributed by atoms with Crippen molar-refractivity contribution >= 4 is 28.3 Å². The van der Waals surface area contributed by atoms with Gasteiger partial charge < -0.3 is 14.5 Å². The highest BCUT2D eigenvalue weighted by Gasteiger charge is 2.14. The number of rotatable bonds is 4. The molecule has 0 unspecified atom stereocenters. The van der Waals surface area contributed by atoms with Crippen LogP contribution in [0.25, 0.3) is 11.0 Å². The first-order valence-electron chi connectivity index (χ1n) is 9.74. The molecule has 31 heavy (non-hydrogen) atoms. The zero-order valence-corrected chi connectivity index (χ0v) is 17.4. The van der Waals surface area contributed by atoms with Crippen LogP contribution in [-0.4, -0.2) is 13.0 Å². The molecular formula is C25H21FN2O3. The van der Waals surface area contributed by atoms with Crippen molar-refractivity contribution in [3.05, 3.63) is 94.8 Å². The Kier molecular flexibility index (Phi) is 5.54. The number of benzene rings is 3. The molecule has 0 spiro atoms. The monoisotopic (exact) mass is 416 g/mol. The fourth-order valence-electron chi connectivity index (χ4n) is 3.30. The van der Waals surface area contributed by atoms with Crippen LogP contribution in [0.1, 0.15) is 21.5 Å². The van der Waals surface area contributed by atoms with E-state index in [1.807, 2.05) is 50.2 Å². The highest BCUT2D eigenvalue weighted by Crippen LogP contribution is 2.23. The molecule has 1 aromatic heterocycles. The van der Waals surface area contributed by atoms with Crippen LogP contribution in [0.2, 0.25) is 0 Å². The Morgan fingerprint density at radius 2 is 1.84 bits per heavy atom. The number of halogens is 1. The average molecular weight is 416 g/mol. The second kappa shape index (κ2) is 8.44. The second-order valence-electron chi connectivity index (χ2n) is 7.21. The number of hydrogen-bond acceptors (Lipinski definition) is 4. The minimum absolute atomic E-state index is 0.0885. The third-order valence-electron chi connectivity index (χ3n) is 4.90. The molecule has 1 amide bonds. The molecule has 6 heteroatoms. The summed E-state index contributed by atoms with van der Waals surface area (Å²) < 4.78 is 25.0. The van der Waals surface area contributed by atoms with Gasteiger partial charge in [0.2, 0.25) is 5.55 Å². The van der Waals surface area contributed by atoms with E-state index in [-0.39, 0.29) is 22.8 Å². The number of nitrogens with zero attached hydrogens (tertiary/aromatic N) is 1. The molecule has 5 nitrogen and oxygen atoms in total. The molecule has 0 saturated heterocycles. The van der Waals surface area contributed by atoms with Gasteiger partial charge in [0.25, 0.3) is 5.91 Å². The number of anilines is 1. The maximum atomic E-state index is 14.1. The van der Waals surface area contributed by atoms with E-state index >= 15 is 0 Å². The topological polar surface area (TPSA) is 63.8 Å². The number of amides is 1. The summed E-state index contributed by atoms with van der Waals surface area (Å²) in [4.78, 5) is 17.6. The second-order valence-corrected chi connectivity index (χ2v) is 7.21. The molecule has 0 fully saturated rings. The molecule has 0 saturated carbocycles. The highest BCUT2D eigenvalue weighted by atomic mass is 19.1. The molecule has 0 aliphatic heterocycles. The first kappa shape index (κ1) is 20.3. The van der Waals surface area contributed by atoms with E-state index in [0.717, 1.165) is 16.5 Å². The summed E-state index contributed by atoms with van der Waals surface area (Å²) >= 11 is 0. The number of carbonyl (C=O) groups is 1. The van der Waals surface area contributed by atoms with Gasteiger partial charge in [-0.1, -0.05) is 35.9 Å². The van der Waals surface area contributed by atoms with E-state index in [9.17, 15) is 9.18 Å². The number of aryl methyl sites for hydroxylation is 2. The smallest absolute Gasteiger partial charge is 0.261 e. The molecule has 4 rings (SSSR count). The zero-order chi connectivity index (χ0) is 22.0. The van der Waals surface area contributed by atoms with Gasteiger partial charge in [-0.15, -0.1) is 0 Å². The standard InChI is InChI=1S/C25H21FN2O3/c1-15-8-10-21(16(2)12-15)28-24(29)19-13-17-6-4-5-7-22(17)31-25(19)27-18-9-11-23(30-3)20(26)14-18/h4-14H,1-3H3,(H,28,29). The van der Waals surface area contributed by atoms with E-state index in [1.165, 1.54) is 19.2 Å². The highest BCUT2D eigenvalue weighted by molar-refractivity contribution is 6.05. The van der Waals surface area contributed by atoms with Gasteiger partial charge in [0.05, 0.1) is 12.8 Å².